The summed E-state index contributed by atoms with van der Waals surface area (Å²) in [4.78, 5) is 18.2. The van der Waals surface area contributed by atoms with E-state index in [-0.39, 0.29) is 23.4 Å². The van der Waals surface area contributed by atoms with Gasteiger partial charge in [-0.25, -0.2) is 4.39 Å². The van der Waals surface area contributed by atoms with E-state index in [1.54, 1.807) is 6.07 Å². The number of nitrogens with one attached hydrogen (secondary N) is 1. The van der Waals surface area contributed by atoms with E-state index in [1.807, 2.05) is 30.3 Å². The Morgan fingerprint density at radius 1 is 1.05 bits per heavy atom. The van der Waals surface area contributed by atoms with Gasteiger partial charge < -0.3 is 15.0 Å². The normalized spacial score (nSPS) is 23.8. The van der Waals surface area contributed by atoms with Crippen LogP contribution >= 0.6 is 0 Å². The van der Waals surface area contributed by atoms with E-state index in [1.165, 1.54) is 12.1 Å². The van der Waals surface area contributed by atoms with Crippen LogP contribution in [0.25, 0.3) is 0 Å². The summed E-state index contributed by atoms with van der Waals surface area (Å²) in [6.45, 7) is 12.2. The van der Waals surface area contributed by atoms with Crippen molar-refractivity contribution in [2.45, 2.75) is 77.7 Å². The second-order valence-electron chi connectivity index (χ2n) is 12.7. The maximum atomic E-state index is 15.1. The highest BCUT2D eigenvalue weighted by molar-refractivity contribution is 5.78. The first kappa shape index (κ1) is 31.3. The molecule has 3 atom stereocenters. The fourth-order valence-electron chi connectivity index (χ4n) is 6.58. The molecule has 2 aliphatic rings. The van der Waals surface area contributed by atoms with E-state index in [0.717, 1.165) is 31.5 Å². The van der Waals surface area contributed by atoms with Crippen molar-refractivity contribution in [3.8, 4) is 5.75 Å². The van der Waals surface area contributed by atoms with Crippen LogP contribution in [0.4, 0.5) is 17.6 Å². The molecule has 0 saturated carbocycles. The van der Waals surface area contributed by atoms with E-state index >= 15 is 4.39 Å². The lowest BCUT2D eigenvalue weighted by Crippen LogP contribution is -2.72. The Morgan fingerprint density at radius 3 is 2.29 bits per heavy atom. The molecule has 41 heavy (non-hydrogen) atoms. The summed E-state index contributed by atoms with van der Waals surface area (Å²) >= 11 is 0. The second kappa shape index (κ2) is 12.3. The summed E-state index contributed by atoms with van der Waals surface area (Å²) in [6, 6.07) is 13.4. The predicted octanol–water partition coefficient (Wildman–Crippen LogP) is 6.58. The van der Waals surface area contributed by atoms with Crippen LogP contribution in [-0.2, 0) is 4.79 Å². The Bertz CT molecular complexity index is 1180. The standard InChI is InChI=1S/C32H43F4N3O2/c1-22-31(5,30(2,3)4)39(28(40)19-23-13-15-37-16-14-23)18-17-38(22)29(24-9-7-6-8-10-24)25-11-12-27(26(33)20-25)41-21-32(34,35)36/h6-12,20,22-23,29,37H,13-19,21H2,1-5H3/t22-,29?,31+/m0/s1. The Balaban J connectivity index is 1.68. The third kappa shape index (κ3) is 6.88. The number of halogens is 4. The van der Waals surface area contributed by atoms with E-state index in [4.69, 9.17) is 4.74 Å². The molecular weight excluding hydrogens is 534 g/mol. The first-order valence-corrected chi connectivity index (χ1v) is 14.5. The Labute approximate surface area is 241 Å². The summed E-state index contributed by atoms with van der Waals surface area (Å²) in [5.41, 5.74) is 0.729. The van der Waals surface area contributed by atoms with Gasteiger partial charge in [-0.15, -0.1) is 0 Å². The van der Waals surface area contributed by atoms with Crippen LogP contribution in [0.15, 0.2) is 48.5 Å². The molecule has 1 N–H and O–H groups in total. The van der Waals surface area contributed by atoms with E-state index in [2.05, 4.69) is 49.7 Å². The number of carbonyl (C=O) groups is 1. The molecule has 2 aromatic carbocycles. The number of carbonyl (C=O) groups excluding carboxylic acids is 1. The predicted molar refractivity (Wildman–Crippen MR) is 152 cm³/mol. The number of piperidine rings is 1. The molecule has 4 rings (SSSR count). The minimum absolute atomic E-state index is 0.123. The number of piperazine rings is 1. The van der Waals surface area contributed by atoms with Gasteiger partial charge in [-0.05, 0) is 74.4 Å². The lowest BCUT2D eigenvalue weighted by atomic mass is 9.67. The molecule has 2 heterocycles. The van der Waals surface area contributed by atoms with E-state index < -0.39 is 29.9 Å². The van der Waals surface area contributed by atoms with E-state index in [9.17, 15) is 18.0 Å². The van der Waals surface area contributed by atoms with Gasteiger partial charge in [-0.1, -0.05) is 57.2 Å². The summed E-state index contributed by atoms with van der Waals surface area (Å²) in [6.07, 6.45) is -2.03. The van der Waals surface area contributed by atoms with Gasteiger partial charge in [-0.3, -0.25) is 9.69 Å². The van der Waals surface area contributed by atoms with Crippen molar-refractivity contribution in [3.05, 3.63) is 65.5 Å². The van der Waals surface area contributed by atoms with Gasteiger partial charge in [0, 0.05) is 25.6 Å². The molecular formula is C32H43F4N3O2. The summed E-state index contributed by atoms with van der Waals surface area (Å²) in [5, 5.41) is 3.37. The molecule has 5 nitrogen and oxygen atoms in total. The Kier molecular flexibility index (Phi) is 9.38. The fourth-order valence-corrected chi connectivity index (χ4v) is 6.58. The Hall–Kier alpha value is -2.65. The summed E-state index contributed by atoms with van der Waals surface area (Å²) < 4.78 is 57.9. The largest absolute Gasteiger partial charge is 0.481 e. The van der Waals surface area contributed by atoms with Gasteiger partial charge in [0.1, 0.15) is 0 Å². The zero-order valence-corrected chi connectivity index (χ0v) is 24.7. The van der Waals surface area contributed by atoms with Crippen LogP contribution in [0.1, 0.15) is 71.0 Å². The number of amides is 1. The number of rotatable bonds is 7. The third-order valence-electron chi connectivity index (χ3n) is 9.30. The second-order valence-corrected chi connectivity index (χ2v) is 12.7. The van der Waals surface area contributed by atoms with Crippen LogP contribution in [-0.4, -0.2) is 66.2 Å². The number of alkyl halides is 3. The zero-order valence-electron chi connectivity index (χ0n) is 24.7. The maximum absolute atomic E-state index is 15.1. The molecule has 2 aliphatic heterocycles. The number of hydrogen-bond donors (Lipinski definition) is 1. The van der Waals surface area contributed by atoms with Crippen molar-refractivity contribution in [2.75, 3.05) is 32.8 Å². The molecule has 0 aliphatic carbocycles. The van der Waals surface area contributed by atoms with Crippen LogP contribution in [0.5, 0.6) is 5.75 Å². The molecule has 0 aromatic heterocycles. The van der Waals surface area contributed by atoms with Crippen molar-refractivity contribution in [1.29, 1.82) is 0 Å². The van der Waals surface area contributed by atoms with Gasteiger partial charge in [-0.2, -0.15) is 13.2 Å². The molecule has 0 radical (unpaired) electrons. The quantitative estimate of drug-likeness (QED) is 0.378. The fraction of sp³-hybridized carbons (Fsp3) is 0.594. The monoisotopic (exact) mass is 577 g/mol. The highest BCUT2D eigenvalue weighted by Crippen LogP contribution is 2.46. The topological polar surface area (TPSA) is 44.8 Å². The molecule has 2 saturated heterocycles. The van der Waals surface area contributed by atoms with Crippen molar-refractivity contribution in [3.63, 3.8) is 0 Å². The number of nitrogens with zero attached hydrogens (tertiary/aromatic N) is 2. The molecule has 1 amide bonds. The van der Waals surface area contributed by atoms with Crippen molar-refractivity contribution >= 4 is 5.91 Å². The summed E-state index contributed by atoms with van der Waals surface area (Å²) in [7, 11) is 0. The Morgan fingerprint density at radius 2 is 1.71 bits per heavy atom. The van der Waals surface area contributed by atoms with Gasteiger partial charge in [0.05, 0.1) is 11.6 Å². The SMILES string of the molecule is C[C@@H]1N(C(c2ccccc2)c2ccc(OCC(F)(F)F)c(F)c2)CCN(C(=O)CC2CCNCC2)[C@@]1(C)C(C)(C)C. The smallest absolute Gasteiger partial charge is 0.422 e. The molecule has 1 unspecified atom stereocenters. The first-order chi connectivity index (χ1) is 19.2. The average Bonchev–Trinajstić information content (AvgIpc) is 2.91. The van der Waals surface area contributed by atoms with Crippen LogP contribution in [0, 0.1) is 17.2 Å². The molecule has 2 aromatic rings. The van der Waals surface area contributed by atoms with Gasteiger partial charge in [0.2, 0.25) is 5.91 Å². The number of hydrogen-bond acceptors (Lipinski definition) is 4. The molecule has 226 valence electrons. The highest BCUT2D eigenvalue weighted by Gasteiger charge is 2.54. The first-order valence-electron chi connectivity index (χ1n) is 14.5. The molecule has 0 bridgehead atoms. The van der Waals surface area contributed by atoms with Crippen LogP contribution in [0.3, 0.4) is 0 Å². The van der Waals surface area contributed by atoms with Gasteiger partial charge >= 0.3 is 6.18 Å². The lowest BCUT2D eigenvalue weighted by molar-refractivity contribution is -0.159. The molecule has 2 fully saturated rings. The number of ether oxygens (including phenoxy) is 1. The number of benzene rings is 2. The molecule has 9 heteroatoms. The zero-order chi connectivity index (χ0) is 30.0. The van der Waals surface area contributed by atoms with Gasteiger partial charge in [0.25, 0.3) is 0 Å². The van der Waals surface area contributed by atoms with E-state index in [0.29, 0.717) is 31.0 Å². The lowest BCUT2D eigenvalue weighted by Gasteiger charge is -2.61. The summed E-state index contributed by atoms with van der Waals surface area (Å²) in [5.74, 6) is -0.720. The average molecular weight is 578 g/mol. The molecule has 0 spiro atoms. The van der Waals surface area contributed by atoms with Gasteiger partial charge in [0.15, 0.2) is 18.2 Å². The van der Waals surface area contributed by atoms with Crippen molar-refractivity contribution in [2.24, 2.45) is 11.3 Å². The highest BCUT2D eigenvalue weighted by atomic mass is 19.4. The van der Waals surface area contributed by atoms with Crippen LogP contribution < -0.4 is 10.1 Å². The van der Waals surface area contributed by atoms with Crippen molar-refractivity contribution in [1.82, 2.24) is 15.1 Å². The minimum atomic E-state index is -4.56. The minimum Gasteiger partial charge on any atom is -0.481 e. The van der Waals surface area contributed by atoms with Crippen molar-refractivity contribution < 1.29 is 27.1 Å². The van der Waals surface area contributed by atoms with Crippen LogP contribution in [0.2, 0.25) is 0 Å². The third-order valence-corrected chi connectivity index (χ3v) is 9.30. The maximum Gasteiger partial charge on any atom is 0.422 e.